The quantitative estimate of drug-likeness (QED) is 0.889. The summed E-state index contributed by atoms with van der Waals surface area (Å²) >= 11 is 0. The van der Waals surface area contributed by atoms with Crippen LogP contribution in [0.4, 0.5) is 10.5 Å². The van der Waals surface area contributed by atoms with E-state index in [9.17, 15) is 9.59 Å². The number of carbonyl (C=O) groups excluding carboxylic acids is 2. The van der Waals surface area contributed by atoms with Gasteiger partial charge < -0.3 is 15.1 Å². The van der Waals surface area contributed by atoms with Crippen molar-refractivity contribution < 1.29 is 9.59 Å². The molecule has 2 aromatic rings. The molecule has 0 radical (unpaired) electrons. The monoisotopic (exact) mass is 351 g/mol. The molecule has 1 heterocycles. The molecule has 1 saturated heterocycles. The third kappa shape index (κ3) is 4.85. The number of hydrogen-bond acceptors (Lipinski definition) is 2. The summed E-state index contributed by atoms with van der Waals surface area (Å²) in [5.41, 5.74) is 2.86. The van der Waals surface area contributed by atoms with Crippen LogP contribution >= 0.6 is 0 Å². The first-order chi connectivity index (χ1) is 12.6. The van der Waals surface area contributed by atoms with Gasteiger partial charge in [-0.2, -0.15) is 0 Å². The third-order valence-electron chi connectivity index (χ3n) is 4.58. The second-order valence-corrected chi connectivity index (χ2v) is 6.74. The number of nitrogens with zero attached hydrogens (tertiary/aromatic N) is 2. The van der Waals surface area contributed by atoms with Gasteiger partial charge in [-0.1, -0.05) is 42.5 Å². The van der Waals surface area contributed by atoms with Gasteiger partial charge in [-0.3, -0.25) is 4.79 Å². The number of hydrogen-bond donors (Lipinski definition) is 1. The first-order valence-corrected chi connectivity index (χ1v) is 9.04. The average molecular weight is 351 g/mol. The van der Waals surface area contributed by atoms with Gasteiger partial charge in [0.2, 0.25) is 5.91 Å². The molecule has 0 spiro atoms. The van der Waals surface area contributed by atoms with Gasteiger partial charge in [0, 0.05) is 38.8 Å². The van der Waals surface area contributed by atoms with Gasteiger partial charge in [-0.05, 0) is 36.1 Å². The van der Waals surface area contributed by atoms with Crippen LogP contribution in [0, 0.1) is 0 Å². The second-order valence-electron chi connectivity index (χ2n) is 6.74. The van der Waals surface area contributed by atoms with E-state index >= 15 is 0 Å². The SMILES string of the molecule is CN(Cc1ccccc1)C(=O)Nc1cccc(CN2CCCCC2=O)c1. The van der Waals surface area contributed by atoms with Crippen LogP contribution in [0.2, 0.25) is 0 Å². The Hall–Kier alpha value is -2.82. The summed E-state index contributed by atoms with van der Waals surface area (Å²) in [6, 6.07) is 17.5. The van der Waals surface area contributed by atoms with Gasteiger partial charge in [0.1, 0.15) is 0 Å². The number of benzene rings is 2. The van der Waals surface area contributed by atoms with Crippen molar-refractivity contribution in [1.29, 1.82) is 0 Å². The number of urea groups is 1. The number of piperidine rings is 1. The Morgan fingerprint density at radius 1 is 1.08 bits per heavy atom. The van der Waals surface area contributed by atoms with Gasteiger partial charge >= 0.3 is 6.03 Å². The van der Waals surface area contributed by atoms with Crippen LogP contribution in [0.5, 0.6) is 0 Å². The Balaban J connectivity index is 1.59. The fourth-order valence-electron chi connectivity index (χ4n) is 3.14. The zero-order chi connectivity index (χ0) is 18.4. The summed E-state index contributed by atoms with van der Waals surface area (Å²) in [4.78, 5) is 27.9. The van der Waals surface area contributed by atoms with Crippen molar-refractivity contribution in [3.63, 3.8) is 0 Å². The number of nitrogens with one attached hydrogen (secondary N) is 1. The van der Waals surface area contributed by atoms with Crippen molar-refractivity contribution in [3.8, 4) is 0 Å². The van der Waals surface area contributed by atoms with Crippen molar-refractivity contribution >= 4 is 17.6 Å². The maximum Gasteiger partial charge on any atom is 0.321 e. The number of anilines is 1. The highest BCUT2D eigenvalue weighted by molar-refractivity contribution is 5.89. The Bertz CT molecular complexity index is 761. The first kappa shape index (κ1) is 18.0. The molecule has 0 saturated carbocycles. The van der Waals surface area contributed by atoms with E-state index in [2.05, 4.69) is 5.32 Å². The summed E-state index contributed by atoms with van der Waals surface area (Å²) in [6.07, 6.45) is 2.69. The van der Waals surface area contributed by atoms with Crippen molar-refractivity contribution in [3.05, 3.63) is 65.7 Å². The third-order valence-corrected chi connectivity index (χ3v) is 4.58. The highest BCUT2D eigenvalue weighted by Crippen LogP contribution is 2.17. The van der Waals surface area contributed by atoms with E-state index in [1.54, 1.807) is 11.9 Å². The molecule has 0 aromatic heterocycles. The van der Waals surface area contributed by atoms with Crippen LogP contribution in [0.25, 0.3) is 0 Å². The lowest BCUT2D eigenvalue weighted by Crippen LogP contribution is -2.34. The highest BCUT2D eigenvalue weighted by Gasteiger charge is 2.18. The second kappa shape index (κ2) is 8.52. The maximum absolute atomic E-state index is 12.4. The van der Waals surface area contributed by atoms with Crippen LogP contribution in [0.1, 0.15) is 30.4 Å². The molecule has 136 valence electrons. The predicted molar refractivity (Wildman–Crippen MR) is 103 cm³/mol. The van der Waals surface area contributed by atoms with Crippen molar-refractivity contribution in [2.24, 2.45) is 0 Å². The fraction of sp³-hybridized carbons (Fsp3) is 0.333. The lowest BCUT2D eigenvalue weighted by atomic mass is 10.1. The molecule has 1 aliphatic heterocycles. The maximum atomic E-state index is 12.4. The summed E-state index contributed by atoms with van der Waals surface area (Å²) in [6.45, 7) is 1.96. The van der Waals surface area contributed by atoms with E-state index in [4.69, 9.17) is 0 Å². The summed E-state index contributed by atoms with van der Waals surface area (Å²) in [5, 5.41) is 2.93. The lowest BCUT2D eigenvalue weighted by molar-refractivity contribution is -0.133. The minimum atomic E-state index is -0.153. The number of amides is 3. The Kier molecular flexibility index (Phi) is 5.89. The number of rotatable bonds is 5. The standard InChI is InChI=1S/C21H25N3O2/c1-23(15-17-8-3-2-4-9-17)21(26)22-19-11-7-10-18(14-19)16-24-13-6-5-12-20(24)25/h2-4,7-11,14H,5-6,12-13,15-16H2,1H3,(H,22,26). The molecule has 0 atom stereocenters. The normalized spacial score (nSPS) is 14.2. The van der Waals surface area contributed by atoms with Gasteiger partial charge in [-0.25, -0.2) is 4.79 Å². The molecule has 26 heavy (non-hydrogen) atoms. The van der Waals surface area contributed by atoms with Crippen LogP contribution < -0.4 is 5.32 Å². The minimum absolute atomic E-state index is 0.153. The van der Waals surface area contributed by atoms with Crippen molar-refractivity contribution in [2.75, 3.05) is 18.9 Å². The fourth-order valence-corrected chi connectivity index (χ4v) is 3.14. The van der Waals surface area contributed by atoms with E-state index in [1.165, 1.54) is 0 Å². The van der Waals surface area contributed by atoms with Gasteiger partial charge in [0.15, 0.2) is 0 Å². The lowest BCUT2D eigenvalue weighted by Gasteiger charge is -2.27. The smallest absolute Gasteiger partial charge is 0.321 e. The zero-order valence-corrected chi connectivity index (χ0v) is 15.1. The summed E-state index contributed by atoms with van der Waals surface area (Å²) in [5.74, 6) is 0.216. The Morgan fingerprint density at radius 3 is 2.62 bits per heavy atom. The molecule has 3 amide bonds. The Labute approximate surface area is 154 Å². The minimum Gasteiger partial charge on any atom is -0.338 e. The van der Waals surface area contributed by atoms with E-state index in [0.29, 0.717) is 19.5 Å². The molecule has 2 aromatic carbocycles. The summed E-state index contributed by atoms with van der Waals surface area (Å²) in [7, 11) is 1.78. The number of likely N-dealkylation sites (tertiary alicyclic amines) is 1. The Morgan fingerprint density at radius 2 is 1.85 bits per heavy atom. The summed E-state index contributed by atoms with van der Waals surface area (Å²) < 4.78 is 0. The van der Waals surface area contributed by atoms with Crippen molar-refractivity contribution in [2.45, 2.75) is 32.4 Å². The molecular formula is C21H25N3O2. The van der Waals surface area contributed by atoms with E-state index in [1.807, 2.05) is 59.5 Å². The van der Waals surface area contributed by atoms with Crippen LogP contribution in [0.3, 0.4) is 0 Å². The number of carbonyl (C=O) groups is 2. The average Bonchev–Trinajstić information content (AvgIpc) is 2.65. The highest BCUT2D eigenvalue weighted by atomic mass is 16.2. The largest absolute Gasteiger partial charge is 0.338 e. The first-order valence-electron chi connectivity index (χ1n) is 9.04. The van der Waals surface area contributed by atoms with Crippen LogP contribution in [0.15, 0.2) is 54.6 Å². The van der Waals surface area contributed by atoms with Crippen LogP contribution in [-0.2, 0) is 17.9 Å². The molecule has 5 nitrogen and oxygen atoms in total. The molecule has 0 bridgehead atoms. The molecule has 0 aliphatic carbocycles. The molecule has 1 N–H and O–H groups in total. The molecule has 3 rings (SSSR count). The van der Waals surface area contributed by atoms with Gasteiger partial charge in [0.25, 0.3) is 0 Å². The molecule has 1 aliphatic rings. The molecule has 0 unspecified atom stereocenters. The van der Waals surface area contributed by atoms with E-state index in [0.717, 1.165) is 36.2 Å². The van der Waals surface area contributed by atoms with E-state index < -0.39 is 0 Å². The van der Waals surface area contributed by atoms with Crippen LogP contribution in [-0.4, -0.2) is 35.3 Å². The molecular weight excluding hydrogens is 326 g/mol. The van der Waals surface area contributed by atoms with Gasteiger partial charge in [-0.15, -0.1) is 0 Å². The van der Waals surface area contributed by atoms with Gasteiger partial charge in [0.05, 0.1) is 0 Å². The molecule has 1 fully saturated rings. The van der Waals surface area contributed by atoms with E-state index in [-0.39, 0.29) is 11.9 Å². The molecule has 5 heteroatoms. The zero-order valence-electron chi connectivity index (χ0n) is 15.1. The predicted octanol–water partition coefficient (Wildman–Crippen LogP) is 3.86. The topological polar surface area (TPSA) is 52.7 Å². The van der Waals surface area contributed by atoms with Crippen molar-refractivity contribution in [1.82, 2.24) is 9.80 Å².